The van der Waals surface area contributed by atoms with E-state index in [4.69, 9.17) is 9.15 Å². The molecule has 1 aliphatic heterocycles. The molecule has 1 aliphatic carbocycles. The molecule has 0 saturated carbocycles. The van der Waals surface area contributed by atoms with Crippen molar-refractivity contribution in [3.63, 3.8) is 0 Å². The van der Waals surface area contributed by atoms with Gasteiger partial charge in [0.15, 0.2) is 0 Å². The standard InChI is InChI=1S/C26H29N3O4S/c1-4-32-26(31)23-21-9-5-6-10-22(21)34-25(23)29-16(2)12-18(17(29)3)13-19(14-27)24(30)28-15-20-8-7-11-33-20/h7-8,11-13,23,25H,4-6,9-10,15H2,1-3H3,(H,28,30)/b19-13+/t23-,25?/m1/s1. The fourth-order valence-electron chi connectivity index (χ4n) is 4.76. The molecule has 1 unspecified atom stereocenters. The third-order valence-corrected chi connectivity index (χ3v) is 7.84. The van der Waals surface area contributed by atoms with Gasteiger partial charge in [0.1, 0.15) is 28.7 Å². The number of hydrogen-bond acceptors (Lipinski definition) is 6. The smallest absolute Gasteiger partial charge is 0.316 e. The highest BCUT2D eigenvalue weighted by Crippen LogP contribution is 2.55. The molecule has 0 fully saturated rings. The highest BCUT2D eigenvalue weighted by atomic mass is 32.2. The Balaban J connectivity index is 1.61. The lowest BCUT2D eigenvalue weighted by atomic mass is 9.89. The molecule has 1 N–H and O–H groups in total. The van der Waals surface area contributed by atoms with E-state index >= 15 is 0 Å². The number of nitrogens with one attached hydrogen (secondary N) is 1. The predicted octanol–water partition coefficient (Wildman–Crippen LogP) is 5.17. The molecular formula is C26H29N3O4S. The molecule has 178 valence electrons. The van der Waals surface area contributed by atoms with Gasteiger partial charge in [-0.15, -0.1) is 11.8 Å². The summed E-state index contributed by atoms with van der Waals surface area (Å²) in [6.45, 7) is 6.36. The zero-order valence-electron chi connectivity index (χ0n) is 19.7. The molecule has 0 aromatic carbocycles. The molecule has 0 radical (unpaired) electrons. The number of amides is 1. The summed E-state index contributed by atoms with van der Waals surface area (Å²) in [7, 11) is 0. The van der Waals surface area contributed by atoms with Gasteiger partial charge in [-0.1, -0.05) is 0 Å². The minimum Gasteiger partial charge on any atom is -0.467 e. The molecular weight excluding hydrogens is 450 g/mol. The molecule has 8 heteroatoms. The highest BCUT2D eigenvalue weighted by molar-refractivity contribution is 8.03. The second-order valence-corrected chi connectivity index (χ2v) is 9.73. The maximum Gasteiger partial charge on any atom is 0.316 e. The molecule has 2 aromatic heterocycles. The molecule has 2 aliphatic rings. The average Bonchev–Trinajstić information content (AvgIpc) is 3.53. The Bertz CT molecular complexity index is 1180. The molecule has 3 heterocycles. The van der Waals surface area contributed by atoms with Crippen LogP contribution in [0.3, 0.4) is 0 Å². The van der Waals surface area contributed by atoms with Crippen molar-refractivity contribution in [2.75, 3.05) is 6.61 Å². The van der Waals surface area contributed by atoms with Crippen LogP contribution in [0.1, 0.15) is 60.7 Å². The third kappa shape index (κ3) is 4.71. The first kappa shape index (κ1) is 24.0. The van der Waals surface area contributed by atoms with E-state index in [1.54, 1.807) is 30.0 Å². The van der Waals surface area contributed by atoms with Gasteiger partial charge in [0.25, 0.3) is 5.91 Å². The monoisotopic (exact) mass is 479 g/mol. The van der Waals surface area contributed by atoms with Crippen LogP contribution in [0.5, 0.6) is 0 Å². The molecule has 34 heavy (non-hydrogen) atoms. The number of furan rings is 1. The first-order chi connectivity index (χ1) is 16.4. The third-order valence-electron chi connectivity index (χ3n) is 6.37. The SMILES string of the molecule is CCOC(=O)[C@@H]1C2=C(CCCC2)SC1n1c(C)cc(/C=C(\C#N)C(=O)NCc2ccco2)c1C. The molecule has 4 rings (SSSR count). The number of nitrogens with zero attached hydrogens (tertiary/aromatic N) is 2. The summed E-state index contributed by atoms with van der Waals surface area (Å²) in [5.74, 6) is -0.329. The van der Waals surface area contributed by atoms with Gasteiger partial charge in [-0.2, -0.15) is 5.26 Å². The number of aryl methyl sites for hydroxylation is 1. The average molecular weight is 480 g/mol. The first-order valence-corrected chi connectivity index (χ1v) is 12.5. The van der Waals surface area contributed by atoms with E-state index < -0.39 is 5.91 Å². The number of nitriles is 1. The van der Waals surface area contributed by atoms with E-state index in [1.165, 1.54) is 16.7 Å². The van der Waals surface area contributed by atoms with Gasteiger partial charge >= 0.3 is 5.97 Å². The molecule has 2 aromatic rings. The van der Waals surface area contributed by atoms with E-state index in [0.29, 0.717) is 12.4 Å². The van der Waals surface area contributed by atoms with Crippen LogP contribution in [0.25, 0.3) is 6.08 Å². The Morgan fingerprint density at radius 3 is 2.85 bits per heavy atom. The summed E-state index contributed by atoms with van der Waals surface area (Å²) in [5.41, 5.74) is 3.92. The lowest BCUT2D eigenvalue weighted by molar-refractivity contribution is -0.147. The van der Waals surface area contributed by atoms with E-state index in [0.717, 1.165) is 42.6 Å². The Hall–Kier alpha value is -3.18. The van der Waals surface area contributed by atoms with Gasteiger partial charge in [-0.05, 0) is 86.8 Å². The minimum absolute atomic E-state index is 0.0187. The Labute approximate surface area is 203 Å². The Kier molecular flexibility index (Phi) is 7.32. The van der Waals surface area contributed by atoms with Crippen LogP contribution in [0, 0.1) is 31.1 Å². The Morgan fingerprint density at radius 2 is 2.15 bits per heavy atom. The lowest BCUT2D eigenvalue weighted by Gasteiger charge is -2.25. The van der Waals surface area contributed by atoms with Gasteiger partial charge in [0.2, 0.25) is 0 Å². The molecule has 1 amide bonds. The van der Waals surface area contributed by atoms with Crippen molar-refractivity contribution < 1.29 is 18.7 Å². The van der Waals surface area contributed by atoms with Gasteiger partial charge < -0.3 is 19.0 Å². The maximum atomic E-state index is 13.0. The lowest BCUT2D eigenvalue weighted by Crippen LogP contribution is -2.27. The molecule has 7 nitrogen and oxygen atoms in total. The van der Waals surface area contributed by atoms with Crippen molar-refractivity contribution in [3.05, 3.63) is 63.2 Å². The minimum atomic E-state index is -0.458. The largest absolute Gasteiger partial charge is 0.467 e. The van der Waals surface area contributed by atoms with Crippen molar-refractivity contribution in [2.24, 2.45) is 5.92 Å². The molecule has 0 bridgehead atoms. The van der Waals surface area contributed by atoms with E-state index in [-0.39, 0.29) is 29.4 Å². The Morgan fingerprint density at radius 1 is 1.35 bits per heavy atom. The van der Waals surface area contributed by atoms with Crippen molar-refractivity contribution in [1.29, 1.82) is 5.26 Å². The normalized spacial score (nSPS) is 20.1. The van der Waals surface area contributed by atoms with Crippen LogP contribution in [0.2, 0.25) is 0 Å². The van der Waals surface area contributed by atoms with E-state index in [1.807, 2.05) is 32.9 Å². The summed E-state index contributed by atoms with van der Waals surface area (Å²) in [5, 5.41) is 12.2. The van der Waals surface area contributed by atoms with Crippen LogP contribution in [0.4, 0.5) is 0 Å². The highest BCUT2D eigenvalue weighted by Gasteiger charge is 2.43. The fourth-order valence-corrected chi connectivity index (χ4v) is 6.54. The summed E-state index contributed by atoms with van der Waals surface area (Å²) in [4.78, 5) is 26.9. The molecule has 0 saturated heterocycles. The predicted molar refractivity (Wildman–Crippen MR) is 130 cm³/mol. The number of thioether (sulfide) groups is 1. The summed E-state index contributed by atoms with van der Waals surface area (Å²) >= 11 is 1.76. The number of hydrogen-bond donors (Lipinski definition) is 1. The number of allylic oxidation sites excluding steroid dienone is 1. The quantitative estimate of drug-likeness (QED) is 0.334. The maximum absolute atomic E-state index is 13.0. The second kappa shape index (κ2) is 10.4. The number of ether oxygens (including phenoxy) is 1. The van der Waals surface area contributed by atoms with Crippen molar-refractivity contribution in [2.45, 2.75) is 58.4 Å². The van der Waals surface area contributed by atoms with Gasteiger partial charge in [0, 0.05) is 11.4 Å². The van der Waals surface area contributed by atoms with Crippen LogP contribution in [-0.2, 0) is 20.9 Å². The van der Waals surface area contributed by atoms with Crippen molar-refractivity contribution in [1.82, 2.24) is 9.88 Å². The number of rotatable bonds is 7. The van der Waals surface area contributed by atoms with Crippen LogP contribution >= 0.6 is 11.8 Å². The van der Waals surface area contributed by atoms with E-state index in [2.05, 4.69) is 9.88 Å². The van der Waals surface area contributed by atoms with Gasteiger partial charge in [-0.25, -0.2) is 0 Å². The fraction of sp³-hybridized carbons (Fsp3) is 0.423. The van der Waals surface area contributed by atoms with Crippen molar-refractivity contribution >= 4 is 29.7 Å². The van der Waals surface area contributed by atoms with Gasteiger partial charge in [0.05, 0.1) is 19.4 Å². The van der Waals surface area contributed by atoms with Crippen LogP contribution in [-0.4, -0.2) is 23.1 Å². The zero-order chi connectivity index (χ0) is 24.2. The second-order valence-electron chi connectivity index (χ2n) is 8.52. The summed E-state index contributed by atoms with van der Waals surface area (Å²) < 4.78 is 12.9. The number of esters is 1. The number of carbonyl (C=O) groups is 2. The van der Waals surface area contributed by atoms with Crippen molar-refractivity contribution in [3.8, 4) is 6.07 Å². The topological polar surface area (TPSA) is 97.3 Å². The number of aromatic nitrogens is 1. The first-order valence-electron chi connectivity index (χ1n) is 11.6. The molecule has 0 spiro atoms. The summed E-state index contributed by atoms with van der Waals surface area (Å²) in [6.07, 6.45) is 7.33. The van der Waals surface area contributed by atoms with Gasteiger partial charge in [-0.3, -0.25) is 9.59 Å². The van der Waals surface area contributed by atoms with Crippen LogP contribution < -0.4 is 5.32 Å². The van der Waals surface area contributed by atoms with E-state index in [9.17, 15) is 14.9 Å². The molecule has 2 atom stereocenters. The zero-order valence-corrected chi connectivity index (χ0v) is 20.5. The number of carbonyl (C=O) groups excluding carboxylic acids is 2. The summed E-state index contributed by atoms with van der Waals surface area (Å²) in [6, 6.07) is 7.48. The van der Waals surface area contributed by atoms with Crippen LogP contribution in [0.15, 0.2) is 44.9 Å².